The fraction of sp³-hybridized carbons (Fsp3) is 0.450. The van der Waals surface area contributed by atoms with E-state index in [4.69, 9.17) is 9.72 Å². The van der Waals surface area contributed by atoms with Gasteiger partial charge < -0.3 is 9.84 Å². The van der Waals surface area contributed by atoms with E-state index in [1.54, 1.807) is 7.11 Å². The minimum atomic E-state index is 0.0185. The van der Waals surface area contributed by atoms with Gasteiger partial charge in [0.25, 0.3) is 0 Å². The van der Waals surface area contributed by atoms with Crippen LogP contribution in [0.1, 0.15) is 30.1 Å². The largest absolute Gasteiger partial charge is 0.497 e. The van der Waals surface area contributed by atoms with Gasteiger partial charge in [0.05, 0.1) is 31.0 Å². The molecule has 1 aromatic carbocycles. The normalized spacial score (nSPS) is 28.9. The highest BCUT2D eigenvalue weighted by atomic mass is 16.5. The van der Waals surface area contributed by atoms with Crippen LogP contribution in [0.15, 0.2) is 36.9 Å². The molecule has 2 aromatic rings. The molecule has 3 aliphatic heterocycles. The first-order valence-electron chi connectivity index (χ1n) is 8.68. The molecule has 126 valence electrons. The Hall–Kier alpha value is -1.91. The summed E-state index contributed by atoms with van der Waals surface area (Å²) in [6.45, 7) is 6.23. The zero-order valence-corrected chi connectivity index (χ0v) is 14.1. The Morgan fingerprint density at radius 1 is 1.42 bits per heavy atom. The van der Waals surface area contributed by atoms with E-state index < -0.39 is 0 Å². The van der Waals surface area contributed by atoms with Crippen molar-refractivity contribution in [3.05, 3.63) is 48.2 Å². The molecule has 3 fully saturated rings. The van der Waals surface area contributed by atoms with E-state index in [0.29, 0.717) is 17.9 Å². The SMILES string of the molecule is C=C[C@H]1C[N@]2CC[C@H]1C[C@@H]2c1cc(CO)c2cc(OC)ccc2n1. The van der Waals surface area contributed by atoms with Crippen molar-refractivity contribution in [2.45, 2.75) is 25.5 Å². The second kappa shape index (κ2) is 6.19. The van der Waals surface area contributed by atoms with Crippen LogP contribution in [0.4, 0.5) is 0 Å². The molecule has 4 nitrogen and oxygen atoms in total. The molecular weight excluding hydrogens is 300 g/mol. The number of ether oxygens (including phenoxy) is 1. The van der Waals surface area contributed by atoms with Gasteiger partial charge >= 0.3 is 0 Å². The summed E-state index contributed by atoms with van der Waals surface area (Å²) in [5.41, 5.74) is 2.95. The molecule has 0 spiro atoms. The first-order chi connectivity index (χ1) is 11.7. The van der Waals surface area contributed by atoms with Gasteiger partial charge in [-0.15, -0.1) is 6.58 Å². The number of methoxy groups -OCH3 is 1. The van der Waals surface area contributed by atoms with Crippen LogP contribution < -0.4 is 4.74 Å². The molecule has 0 saturated carbocycles. The van der Waals surface area contributed by atoms with Crippen molar-refractivity contribution in [2.24, 2.45) is 11.8 Å². The first kappa shape index (κ1) is 15.6. The standard InChI is InChI=1S/C20H24N2O2/c1-3-13-11-22-7-6-14(13)9-20(22)19-8-15(12-23)17-10-16(24-2)4-5-18(17)21-19/h3-5,8,10,13-14,20,23H,1,6-7,9,11-12H2,2H3/t13-,14-,20+/m0/s1. The van der Waals surface area contributed by atoms with E-state index in [9.17, 15) is 5.11 Å². The van der Waals surface area contributed by atoms with Gasteiger partial charge in [-0.25, -0.2) is 0 Å². The van der Waals surface area contributed by atoms with E-state index in [2.05, 4.69) is 23.6 Å². The highest BCUT2D eigenvalue weighted by Crippen LogP contribution is 2.43. The van der Waals surface area contributed by atoms with E-state index in [-0.39, 0.29) is 6.61 Å². The monoisotopic (exact) mass is 324 g/mol. The van der Waals surface area contributed by atoms with Crippen molar-refractivity contribution in [2.75, 3.05) is 20.2 Å². The fourth-order valence-electron chi connectivity index (χ4n) is 4.37. The fourth-order valence-corrected chi connectivity index (χ4v) is 4.37. The van der Waals surface area contributed by atoms with E-state index >= 15 is 0 Å². The number of pyridine rings is 1. The van der Waals surface area contributed by atoms with Gasteiger partial charge in [0.15, 0.2) is 0 Å². The number of fused-ring (bicyclic) bond motifs is 4. The predicted octanol–water partition coefficient (Wildman–Crippen LogP) is 3.30. The van der Waals surface area contributed by atoms with Crippen LogP contribution in [0.3, 0.4) is 0 Å². The van der Waals surface area contributed by atoms with E-state index in [0.717, 1.165) is 47.4 Å². The summed E-state index contributed by atoms with van der Waals surface area (Å²) in [6, 6.07) is 8.31. The summed E-state index contributed by atoms with van der Waals surface area (Å²) in [6.07, 6.45) is 4.51. The van der Waals surface area contributed by atoms with Gasteiger partial charge in [-0.2, -0.15) is 0 Å². The number of aliphatic hydroxyl groups excluding tert-OH is 1. The molecule has 1 aromatic heterocycles. The van der Waals surface area contributed by atoms with Crippen molar-refractivity contribution < 1.29 is 9.84 Å². The lowest BCUT2D eigenvalue weighted by Gasteiger charge is -2.49. The van der Waals surface area contributed by atoms with Gasteiger partial charge in [0.1, 0.15) is 5.75 Å². The maximum Gasteiger partial charge on any atom is 0.119 e. The number of hydrogen-bond donors (Lipinski definition) is 1. The molecule has 3 saturated heterocycles. The summed E-state index contributed by atoms with van der Waals surface area (Å²) in [5.74, 6) is 2.11. The average Bonchev–Trinajstić information content (AvgIpc) is 2.66. The van der Waals surface area contributed by atoms with E-state index in [1.807, 2.05) is 18.2 Å². The smallest absolute Gasteiger partial charge is 0.119 e. The number of benzene rings is 1. The van der Waals surface area contributed by atoms with Crippen LogP contribution in [-0.2, 0) is 6.61 Å². The number of aromatic nitrogens is 1. The van der Waals surface area contributed by atoms with Gasteiger partial charge in [-0.1, -0.05) is 6.08 Å². The topological polar surface area (TPSA) is 45.6 Å². The molecule has 0 amide bonds. The zero-order valence-electron chi connectivity index (χ0n) is 14.1. The predicted molar refractivity (Wildman–Crippen MR) is 94.9 cm³/mol. The molecule has 0 aliphatic carbocycles. The molecule has 0 radical (unpaired) electrons. The lowest BCUT2D eigenvalue weighted by atomic mass is 9.75. The second-order valence-corrected chi connectivity index (χ2v) is 6.94. The summed E-state index contributed by atoms with van der Waals surface area (Å²) in [4.78, 5) is 7.45. The van der Waals surface area contributed by atoms with Gasteiger partial charge in [0, 0.05) is 11.9 Å². The highest BCUT2D eigenvalue weighted by Gasteiger charge is 2.40. The van der Waals surface area contributed by atoms with Crippen LogP contribution in [-0.4, -0.2) is 35.2 Å². The van der Waals surface area contributed by atoms with Gasteiger partial charge in [-0.3, -0.25) is 9.88 Å². The lowest BCUT2D eigenvalue weighted by Crippen LogP contribution is -2.48. The van der Waals surface area contributed by atoms with Crippen LogP contribution >= 0.6 is 0 Å². The molecule has 24 heavy (non-hydrogen) atoms. The molecule has 5 rings (SSSR count). The third kappa shape index (κ3) is 2.50. The molecular formula is C20H24N2O2. The summed E-state index contributed by atoms with van der Waals surface area (Å²) < 4.78 is 5.31. The first-order valence-corrected chi connectivity index (χ1v) is 8.68. The minimum Gasteiger partial charge on any atom is -0.497 e. The minimum absolute atomic E-state index is 0.0185. The van der Waals surface area contributed by atoms with Crippen LogP contribution in [0, 0.1) is 11.8 Å². The number of nitrogens with zero attached hydrogens (tertiary/aromatic N) is 2. The molecule has 2 bridgehead atoms. The third-order valence-electron chi connectivity index (χ3n) is 5.74. The molecule has 4 heterocycles. The van der Waals surface area contributed by atoms with Crippen molar-refractivity contribution in [3.63, 3.8) is 0 Å². The molecule has 0 unspecified atom stereocenters. The Morgan fingerprint density at radius 3 is 2.96 bits per heavy atom. The van der Waals surface area contributed by atoms with Crippen molar-refractivity contribution in [1.82, 2.24) is 9.88 Å². The van der Waals surface area contributed by atoms with Crippen LogP contribution in [0.5, 0.6) is 5.75 Å². The molecule has 3 aliphatic rings. The molecule has 4 atom stereocenters. The van der Waals surface area contributed by atoms with Crippen molar-refractivity contribution >= 4 is 10.9 Å². The quantitative estimate of drug-likeness (QED) is 0.877. The Balaban J connectivity index is 1.74. The Bertz CT molecular complexity index is 774. The maximum atomic E-state index is 9.84. The molecule has 4 heteroatoms. The number of rotatable bonds is 4. The Labute approximate surface area is 142 Å². The lowest BCUT2D eigenvalue weighted by molar-refractivity contribution is 0.0165. The van der Waals surface area contributed by atoms with Gasteiger partial charge in [0.2, 0.25) is 0 Å². The number of aliphatic hydroxyl groups is 1. The second-order valence-electron chi connectivity index (χ2n) is 6.94. The number of hydrogen-bond acceptors (Lipinski definition) is 4. The average molecular weight is 324 g/mol. The number of piperidine rings is 3. The summed E-state index contributed by atoms with van der Waals surface area (Å²) in [5, 5.41) is 10.8. The Morgan fingerprint density at radius 2 is 2.29 bits per heavy atom. The van der Waals surface area contributed by atoms with Crippen molar-refractivity contribution in [1.29, 1.82) is 0 Å². The highest BCUT2D eigenvalue weighted by molar-refractivity contribution is 5.84. The van der Waals surface area contributed by atoms with Crippen molar-refractivity contribution in [3.8, 4) is 5.75 Å². The summed E-state index contributed by atoms with van der Waals surface area (Å²) >= 11 is 0. The van der Waals surface area contributed by atoms with Crippen LogP contribution in [0.2, 0.25) is 0 Å². The third-order valence-corrected chi connectivity index (χ3v) is 5.74. The Kier molecular flexibility index (Phi) is 4.02. The van der Waals surface area contributed by atoms with Crippen LogP contribution in [0.25, 0.3) is 10.9 Å². The zero-order chi connectivity index (χ0) is 16.7. The molecule has 1 N–H and O–H groups in total. The van der Waals surface area contributed by atoms with Gasteiger partial charge in [-0.05, 0) is 61.1 Å². The van der Waals surface area contributed by atoms with E-state index in [1.165, 1.54) is 6.42 Å². The maximum absolute atomic E-state index is 9.84. The summed E-state index contributed by atoms with van der Waals surface area (Å²) in [7, 11) is 1.66.